The lowest BCUT2D eigenvalue weighted by Crippen LogP contribution is -2.52. The average molecular weight is 389 g/mol. The van der Waals surface area contributed by atoms with E-state index in [-0.39, 0.29) is 17.7 Å². The number of nitrogens with zero attached hydrogens (tertiary/aromatic N) is 1. The molecule has 2 aromatic carbocycles. The number of hydrogen-bond acceptors (Lipinski definition) is 5. The smallest absolute Gasteiger partial charge is 0.242 e. The Balaban J connectivity index is 1.63. The van der Waals surface area contributed by atoms with Crippen molar-refractivity contribution >= 4 is 17.5 Å². The Morgan fingerprint density at radius 1 is 1.22 bits per heavy atom. The van der Waals surface area contributed by atoms with E-state index in [1.807, 2.05) is 24.3 Å². The van der Waals surface area contributed by atoms with Crippen LogP contribution in [0.2, 0.25) is 5.02 Å². The number of morpholine rings is 1. The maximum absolute atomic E-state index is 12.8. The Kier molecular flexibility index (Phi) is 5.20. The van der Waals surface area contributed by atoms with Gasteiger partial charge in [-0.3, -0.25) is 4.79 Å². The summed E-state index contributed by atoms with van der Waals surface area (Å²) in [7, 11) is 0. The summed E-state index contributed by atoms with van der Waals surface area (Å²) in [6.07, 6.45) is 0. The van der Waals surface area contributed by atoms with Crippen LogP contribution >= 0.6 is 11.6 Å². The number of benzene rings is 2. The average Bonchev–Trinajstić information content (AvgIpc) is 2.91. The van der Waals surface area contributed by atoms with Gasteiger partial charge in [0, 0.05) is 23.7 Å². The Hall–Kier alpha value is -2.28. The van der Waals surface area contributed by atoms with Gasteiger partial charge in [0.2, 0.25) is 5.91 Å². The van der Waals surface area contributed by atoms with E-state index in [0.29, 0.717) is 50.2 Å². The number of carbonyl (C=O) groups excluding carboxylic acids is 1. The summed E-state index contributed by atoms with van der Waals surface area (Å²) >= 11 is 6.10. The number of carbonyl (C=O) groups is 1. The summed E-state index contributed by atoms with van der Waals surface area (Å²) in [6, 6.07) is 10.7. The van der Waals surface area contributed by atoms with Crippen molar-refractivity contribution in [3.05, 3.63) is 47.0 Å². The van der Waals surface area contributed by atoms with Crippen LogP contribution in [-0.4, -0.2) is 54.9 Å². The quantitative estimate of drug-likeness (QED) is 0.826. The second-order valence-electron chi connectivity index (χ2n) is 6.68. The first kappa shape index (κ1) is 18.1. The van der Waals surface area contributed by atoms with E-state index in [1.165, 1.54) is 0 Å². The minimum Gasteiger partial charge on any atom is -0.504 e. The molecule has 2 aromatic rings. The molecule has 0 aromatic heterocycles. The highest BCUT2D eigenvalue weighted by molar-refractivity contribution is 6.30. The molecule has 4 rings (SSSR count). The zero-order chi connectivity index (χ0) is 18.8. The third-order valence-electron chi connectivity index (χ3n) is 4.80. The molecule has 27 heavy (non-hydrogen) atoms. The molecule has 1 fully saturated rings. The van der Waals surface area contributed by atoms with Gasteiger partial charge in [-0.25, -0.2) is 0 Å². The highest BCUT2D eigenvalue weighted by Crippen LogP contribution is 2.38. The van der Waals surface area contributed by atoms with Gasteiger partial charge in [0.25, 0.3) is 0 Å². The molecule has 1 amide bonds. The topological polar surface area (TPSA) is 71.0 Å². The Morgan fingerprint density at radius 3 is 2.89 bits per heavy atom. The molecular formula is C20H21ClN2O4. The highest BCUT2D eigenvalue weighted by atomic mass is 35.5. The van der Waals surface area contributed by atoms with E-state index in [4.69, 9.17) is 21.1 Å². The van der Waals surface area contributed by atoms with Gasteiger partial charge in [-0.2, -0.15) is 0 Å². The van der Waals surface area contributed by atoms with Crippen LogP contribution in [-0.2, 0) is 16.1 Å². The van der Waals surface area contributed by atoms with Gasteiger partial charge in [0.15, 0.2) is 11.5 Å². The van der Waals surface area contributed by atoms with Gasteiger partial charge in [-0.05, 0) is 35.4 Å². The number of fused-ring (bicyclic) bond motifs is 1. The van der Waals surface area contributed by atoms with E-state index < -0.39 is 0 Å². The lowest BCUT2D eigenvalue weighted by atomic mass is 10.0. The lowest BCUT2D eigenvalue weighted by Gasteiger charge is -2.29. The molecule has 2 aliphatic heterocycles. The molecule has 142 valence electrons. The van der Waals surface area contributed by atoms with Gasteiger partial charge in [0.05, 0.1) is 19.8 Å². The third-order valence-corrected chi connectivity index (χ3v) is 5.04. The number of hydrogen-bond donors (Lipinski definition) is 2. The maximum atomic E-state index is 12.8. The molecular weight excluding hydrogens is 368 g/mol. The fourth-order valence-corrected chi connectivity index (χ4v) is 3.66. The molecule has 1 saturated heterocycles. The van der Waals surface area contributed by atoms with Crippen LogP contribution < -0.4 is 10.1 Å². The number of nitrogens with one attached hydrogen (secondary N) is 1. The summed E-state index contributed by atoms with van der Waals surface area (Å²) < 4.78 is 11.1. The monoisotopic (exact) mass is 388 g/mol. The summed E-state index contributed by atoms with van der Waals surface area (Å²) in [6.45, 7) is 2.81. The van der Waals surface area contributed by atoms with E-state index in [1.54, 1.807) is 17.0 Å². The van der Waals surface area contributed by atoms with Gasteiger partial charge in [0.1, 0.15) is 12.6 Å². The van der Waals surface area contributed by atoms with Crippen molar-refractivity contribution in [2.45, 2.75) is 12.6 Å². The fourth-order valence-electron chi connectivity index (χ4n) is 3.47. The van der Waals surface area contributed by atoms with Crippen molar-refractivity contribution < 1.29 is 19.4 Å². The maximum Gasteiger partial charge on any atom is 0.242 e. The number of ether oxygens (including phenoxy) is 2. The van der Waals surface area contributed by atoms with Crippen LogP contribution in [0.25, 0.3) is 11.1 Å². The molecule has 0 aliphatic carbocycles. The van der Waals surface area contributed by atoms with E-state index in [9.17, 15) is 9.90 Å². The van der Waals surface area contributed by atoms with Crippen LogP contribution in [0.15, 0.2) is 36.4 Å². The summed E-state index contributed by atoms with van der Waals surface area (Å²) in [5.74, 6) is 0.485. The van der Waals surface area contributed by atoms with Crippen molar-refractivity contribution in [1.82, 2.24) is 10.2 Å². The number of phenols is 1. The Labute approximate surface area is 162 Å². The SMILES string of the molecule is O=C([C@@H]1COCCN1)N1CCOc2c(O)cc(-c3cccc(Cl)c3)cc2C1. The number of phenolic OH excluding ortho intramolecular Hbond substituents is 1. The van der Waals surface area contributed by atoms with E-state index in [0.717, 1.165) is 16.7 Å². The van der Waals surface area contributed by atoms with Crippen molar-refractivity contribution in [3.63, 3.8) is 0 Å². The Bertz CT molecular complexity index is 852. The molecule has 0 bridgehead atoms. The van der Waals surface area contributed by atoms with Crippen LogP contribution in [0, 0.1) is 0 Å². The van der Waals surface area contributed by atoms with Crippen LogP contribution in [0.1, 0.15) is 5.56 Å². The number of amides is 1. The van der Waals surface area contributed by atoms with Crippen molar-refractivity contribution in [3.8, 4) is 22.6 Å². The molecule has 0 unspecified atom stereocenters. The minimum absolute atomic E-state index is 0.0150. The van der Waals surface area contributed by atoms with E-state index >= 15 is 0 Å². The number of rotatable bonds is 2. The van der Waals surface area contributed by atoms with Crippen molar-refractivity contribution in [2.24, 2.45) is 0 Å². The van der Waals surface area contributed by atoms with Crippen LogP contribution in [0.5, 0.6) is 11.5 Å². The first-order chi connectivity index (χ1) is 13.1. The third kappa shape index (κ3) is 3.88. The largest absolute Gasteiger partial charge is 0.504 e. The summed E-state index contributed by atoms with van der Waals surface area (Å²) in [5, 5.41) is 14.3. The molecule has 2 heterocycles. The molecule has 2 N–H and O–H groups in total. The minimum atomic E-state index is -0.343. The normalized spacial score (nSPS) is 19.7. The first-order valence-corrected chi connectivity index (χ1v) is 9.34. The molecule has 2 aliphatic rings. The lowest BCUT2D eigenvalue weighted by molar-refractivity contribution is -0.137. The highest BCUT2D eigenvalue weighted by Gasteiger charge is 2.29. The zero-order valence-corrected chi connectivity index (χ0v) is 15.5. The molecule has 0 spiro atoms. The summed E-state index contributed by atoms with van der Waals surface area (Å²) in [5.41, 5.74) is 2.49. The van der Waals surface area contributed by atoms with Crippen LogP contribution in [0.3, 0.4) is 0 Å². The second-order valence-corrected chi connectivity index (χ2v) is 7.12. The molecule has 0 saturated carbocycles. The molecule has 7 heteroatoms. The second kappa shape index (κ2) is 7.76. The first-order valence-electron chi connectivity index (χ1n) is 8.96. The van der Waals surface area contributed by atoms with Gasteiger partial charge < -0.3 is 24.8 Å². The van der Waals surface area contributed by atoms with Gasteiger partial charge >= 0.3 is 0 Å². The number of aromatic hydroxyl groups is 1. The zero-order valence-electron chi connectivity index (χ0n) is 14.8. The molecule has 1 atom stereocenters. The standard InChI is InChI=1S/C20H21ClN2O4/c21-16-3-1-2-13(9-16)14-8-15-11-23(5-7-27-19(15)18(24)10-14)20(25)17-12-26-6-4-22-17/h1-3,8-10,17,22,24H,4-7,11-12H2/t17-/m0/s1. The van der Waals surface area contributed by atoms with Crippen molar-refractivity contribution in [1.29, 1.82) is 0 Å². The molecule has 0 radical (unpaired) electrons. The summed E-state index contributed by atoms with van der Waals surface area (Å²) in [4.78, 5) is 14.6. The Morgan fingerprint density at radius 2 is 2.11 bits per heavy atom. The van der Waals surface area contributed by atoms with E-state index in [2.05, 4.69) is 5.32 Å². The van der Waals surface area contributed by atoms with Crippen molar-refractivity contribution in [2.75, 3.05) is 32.9 Å². The fraction of sp³-hybridized carbons (Fsp3) is 0.350. The van der Waals surface area contributed by atoms with Gasteiger partial charge in [-0.15, -0.1) is 0 Å². The van der Waals surface area contributed by atoms with Gasteiger partial charge in [-0.1, -0.05) is 23.7 Å². The predicted molar refractivity (Wildman–Crippen MR) is 102 cm³/mol. The van der Waals surface area contributed by atoms with Crippen LogP contribution in [0.4, 0.5) is 0 Å². The number of halogens is 1. The molecule has 6 nitrogen and oxygen atoms in total. The predicted octanol–water partition coefficient (Wildman–Crippen LogP) is 2.42.